The Hall–Kier alpha value is -1.35. The summed E-state index contributed by atoms with van der Waals surface area (Å²) in [5.74, 6) is 0. The predicted molar refractivity (Wildman–Crippen MR) is 61.4 cm³/mol. The van der Waals surface area contributed by atoms with Crippen LogP contribution in [0.25, 0.3) is 0 Å². The predicted octanol–water partition coefficient (Wildman–Crippen LogP) is 2.03. The van der Waals surface area contributed by atoms with Gasteiger partial charge in [0.2, 0.25) is 0 Å². The molecule has 0 bridgehead atoms. The van der Waals surface area contributed by atoms with Gasteiger partial charge in [0.15, 0.2) is 0 Å². The Kier molecular flexibility index (Phi) is 5.48. The second-order valence-electron chi connectivity index (χ2n) is 3.37. The van der Waals surface area contributed by atoms with Crippen LogP contribution < -0.4 is 5.32 Å². The van der Waals surface area contributed by atoms with Gasteiger partial charge >= 0.3 is 0 Å². The van der Waals surface area contributed by atoms with E-state index in [0.29, 0.717) is 0 Å². The number of rotatable bonds is 7. The van der Waals surface area contributed by atoms with Gasteiger partial charge in [0.05, 0.1) is 12.9 Å². The molecule has 0 atom stereocenters. The fourth-order valence-electron chi connectivity index (χ4n) is 1.27. The van der Waals surface area contributed by atoms with Crippen LogP contribution in [0.4, 0.5) is 0 Å². The molecule has 1 aromatic heterocycles. The summed E-state index contributed by atoms with van der Waals surface area (Å²) >= 11 is 0. The average molecular weight is 206 g/mol. The van der Waals surface area contributed by atoms with Gasteiger partial charge in [-0.05, 0) is 37.1 Å². The van der Waals surface area contributed by atoms with Gasteiger partial charge in [-0.25, -0.2) is 0 Å². The molecule has 0 aliphatic heterocycles. The van der Waals surface area contributed by atoms with Crippen molar-refractivity contribution in [1.82, 2.24) is 10.3 Å². The number of nitrogens with zero attached hydrogens (tertiary/aromatic N) is 1. The molecule has 0 amide bonds. The van der Waals surface area contributed by atoms with Gasteiger partial charge in [-0.1, -0.05) is 6.58 Å². The van der Waals surface area contributed by atoms with E-state index in [2.05, 4.69) is 23.8 Å². The fourth-order valence-corrected chi connectivity index (χ4v) is 1.27. The largest absolute Gasteiger partial charge is 0.502 e. The van der Waals surface area contributed by atoms with E-state index in [1.54, 1.807) is 0 Å². The third-order valence-electron chi connectivity index (χ3n) is 2.20. The summed E-state index contributed by atoms with van der Waals surface area (Å²) in [6, 6.07) is 2.03. The topological polar surface area (TPSA) is 34.1 Å². The SMILES string of the molecule is C=COCCCNCc1cnccc1C. The van der Waals surface area contributed by atoms with Crippen LogP contribution in [0.2, 0.25) is 0 Å². The molecular formula is C12H18N2O. The zero-order chi connectivity index (χ0) is 10.9. The molecule has 0 aromatic carbocycles. The Bertz CT molecular complexity index is 299. The van der Waals surface area contributed by atoms with Crippen molar-refractivity contribution in [3.63, 3.8) is 0 Å². The molecule has 0 unspecified atom stereocenters. The maximum Gasteiger partial charge on any atom is 0.0885 e. The highest BCUT2D eigenvalue weighted by Crippen LogP contribution is 2.03. The van der Waals surface area contributed by atoms with Crippen LogP contribution in [0.15, 0.2) is 31.3 Å². The minimum absolute atomic E-state index is 0.725. The Morgan fingerprint density at radius 1 is 1.60 bits per heavy atom. The van der Waals surface area contributed by atoms with Crippen LogP contribution in [-0.2, 0) is 11.3 Å². The lowest BCUT2D eigenvalue weighted by atomic mass is 10.1. The smallest absolute Gasteiger partial charge is 0.0885 e. The third kappa shape index (κ3) is 4.61. The van der Waals surface area contributed by atoms with E-state index < -0.39 is 0 Å². The van der Waals surface area contributed by atoms with Gasteiger partial charge in [0, 0.05) is 18.9 Å². The summed E-state index contributed by atoms with van der Waals surface area (Å²) in [7, 11) is 0. The first-order valence-electron chi connectivity index (χ1n) is 5.17. The van der Waals surface area contributed by atoms with E-state index in [0.717, 1.165) is 26.1 Å². The first-order chi connectivity index (χ1) is 7.34. The fraction of sp³-hybridized carbons (Fsp3) is 0.417. The third-order valence-corrected chi connectivity index (χ3v) is 2.20. The van der Waals surface area contributed by atoms with Crippen LogP contribution in [0.5, 0.6) is 0 Å². The zero-order valence-corrected chi connectivity index (χ0v) is 9.20. The van der Waals surface area contributed by atoms with Gasteiger partial charge in [-0.15, -0.1) is 0 Å². The number of aromatic nitrogens is 1. The van der Waals surface area contributed by atoms with Crippen LogP contribution in [0.1, 0.15) is 17.5 Å². The molecule has 0 saturated heterocycles. The van der Waals surface area contributed by atoms with Crippen molar-refractivity contribution in [1.29, 1.82) is 0 Å². The minimum atomic E-state index is 0.725. The van der Waals surface area contributed by atoms with E-state index in [1.807, 2.05) is 18.5 Å². The lowest BCUT2D eigenvalue weighted by Gasteiger charge is -2.06. The Morgan fingerprint density at radius 2 is 2.47 bits per heavy atom. The highest BCUT2D eigenvalue weighted by molar-refractivity contribution is 5.20. The molecule has 82 valence electrons. The zero-order valence-electron chi connectivity index (χ0n) is 9.20. The molecule has 0 saturated carbocycles. The molecule has 0 aliphatic carbocycles. The first kappa shape index (κ1) is 11.7. The highest BCUT2D eigenvalue weighted by Gasteiger charge is 1.96. The summed E-state index contributed by atoms with van der Waals surface area (Å²) < 4.78 is 5.02. The number of hydrogen-bond donors (Lipinski definition) is 1. The van der Waals surface area contributed by atoms with Gasteiger partial charge in [-0.2, -0.15) is 0 Å². The monoisotopic (exact) mass is 206 g/mol. The number of hydrogen-bond acceptors (Lipinski definition) is 3. The molecular weight excluding hydrogens is 188 g/mol. The lowest BCUT2D eigenvalue weighted by molar-refractivity contribution is 0.244. The van der Waals surface area contributed by atoms with Gasteiger partial charge < -0.3 is 10.1 Å². The summed E-state index contributed by atoms with van der Waals surface area (Å²) in [5, 5.41) is 3.35. The van der Waals surface area contributed by atoms with Crippen LogP contribution >= 0.6 is 0 Å². The molecule has 15 heavy (non-hydrogen) atoms. The minimum Gasteiger partial charge on any atom is -0.502 e. The number of pyridine rings is 1. The molecule has 0 spiro atoms. The van der Waals surface area contributed by atoms with E-state index >= 15 is 0 Å². The second kappa shape index (κ2) is 7.01. The average Bonchev–Trinajstić information content (AvgIpc) is 2.25. The molecule has 3 nitrogen and oxygen atoms in total. The van der Waals surface area contributed by atoms with Gasteiger partial charge in [-0.3, -0.25) is 4.98 Å². The number of nitrogens with one attached hydrogen (secondary N) is 1. The lowest BCUT2D eigenvalue weighted by Crippen LogP contribution is -2.16. The number of ether oxygens (including phenoxy) is 1. The summed E-state index contributed by atoms with van der Waals surface area (Å²) in [6.45, 7) is 8.12. The molecule has 0 fully saturated rings. The van der Waals surface area contributed by atoms with E-state index in [4.69, 9.17) is 4.74 Å². The summed E-state index contributed by atoms with van der Waals surface area (Å²) in [5.41, 5.74) is 2.53. The van der Waals surface area contributed by atoms with E-state index in [-0.39, 0.29) is 0 Å². The standard InChI is InChI=1S/C12H18N2O/c1-3-15-8-4-6-13-9-12-10-14-7-5-11(12)2/h3,5,7,10,13H,1,4,6,8-9H2,2H3. The number of aryl methyl sites for hydroxylation is 1. The summed E-state index contributed by atoms with van der Waals surface area (Å²) in [4.78, 5) is 4.10. The maximum absolute atomic E-state index is 5.02. The van der Waals surface area contributed by atoms with Crippen LogP contribution in [-0.4, -0.2) is 18.1 Å². The van der Waals surface area contributed by atoms with Gasteiger partial charge in [0.25, 0.3) is 0 Å². The van der Waals surface area contributed by atoms with E-state index in [1.165, 1.54) is 17.4 Å². The van der Waals surface area contributed by atoms with Crippen molar-refractivity contribution < 1.29 is 4.74 Å². The van der Waals surface area contributed by atoms with Crippen molar-refractivity contribution in [2.24, 2.45) is 0 Å². The Balaban J connectivity index is 2.15. The second-order valence-corrected chi connectivity index (χ2v) is 3.37. The Morgan fingerprint density at radius 3 is 3.20 bits per heavy atom. The van der Waals surface area contributed by atoms with Crippen molar-refractivity contribution in [2.75, 3.05) is 13.2 Å². The van der Waals surface area contributed by atoms with Crippen molar-refractivity contribution in [3.05, 3.63) is 42.4 Å². The quantitative estimate of drug-likeness (QED) is 0.547. The first-order valence-corrected chi connectivity index (χ1v) is 5.17. The van der Waals surface area contributed by atoms with Crippen molar-refractivity contribution in [2.45, 2.75) is 19.9 Å². The maximum atomic E-state index is 5.02. The molecule has 1 heterocycles. The molecule has 1 rings (SSSR count). The molecule has 3 heteroatoms. The normalized spacial score (nSPS) is 9.93. The van der Waals surface area contributed by atoms with Crippen molar-refractivity contribution >= 4 is 0 Å². The van der Waals surface area contributed by atoms with Gasteiger partial charge in [0.1, 0.15) is 0 Å². The van der Waals surface area contributed by atoms with Crippen LogP contribution in [0.3, 0.4) is 0 Å². The Labute approximate surface area is 91.2 Å². The summed E-state index contributed by atoms with van der Waals surface area (Å²) in [6.07, 6.45) is 6.19. The molecule has 1 aromatic rings. The molecule has 0 radical (unpaired) electrons. The molecule has 0 aliphatic rings. The highest BCUT2D eigenvalue weighted by atomic mass is 16.5. The molecule has 1 N–H and O–H groups in total. The van der Waals surface area contributed by atoms with Crippen molar-refractivity contribution in [3.8, 4) is 0 Å². The van der Waals surface area contributed by atoms with E-state index in [9.17, 15) is 0 Å². The van der Waals surface area contributed by atoms with Crippen LogP contribution in [0, 0.1) is 6.92 Å².